The Morgan fingerprint density at radius 1 is 1.32 bits per heavy atom. The molecule has 0 aliphatic heterocycles. The van der Waals surface area contributed by atoms with Crippen molar-refractivity contribution >= 4 is 22.7 Å². The quantitative estimate of drug-likeness (QED) is 0.472. The van der Waals surface area contributed by atoms with Crippen LogP contribution in [0.1, 0.15) is 38.2 Å². The maximum absolute atomic E-state index is 3.90. The van der Waals surface area contributed by atoms with Crippen molar-refractivity contribution in [2.75, 3.05) is 0 Å². The van der Waals surface area contributed by atoms with E-state index in [0.29, 0.717) is 0 Å². The Morgan fingerprint density at radius 3 is 2.84 bits per heavy atom. The SMILES string of the molecule is C=C=C(CCCCC)n1ccc2cccc(C=C)c21. The minimum Gasteiger partial charge on any atom is -0.313 e. The summed E-state index contributed by atoms with van der Waals surface area (Å²) in [5.41, 5.74) is 6.62. The summed E-state index contributed by atoms with van der Waals surface area (Å²) >= 11 is 0. The fourth-order valence-electron chi connectivity index (χ4n) is 2.45. The van der Waals surface area contributed by atoms with Crippen LogP contribution in [0, 0.1) is 0 Å². The van der Waals surface area contributed by atoms with Crippen molar-refractivity contribution in [2.24, 2.45) is 0 Å². The predicted molar refractivity (Wildman–Crippen MR) is 85.0 cm³/mol. The van der Waals surface area contributed by atoms with Gasteiger partial charge in [-0.15, -0.1) is 5.73 Å². The average molecular weight is 251 g/mol. The predicted octanol–water partition coefficient (Wildman–Crippen LogP) is 5.49. The lowest BCUT2D eigenvalue weighted by Crippen LogP contribution is -1.96. The van der Waals surface area contributed by atoms with Crippen LogP contribution in [0.15, 0.2) is 49.4 Å². The lowest BCUT2D eigenvalue weighted by Gasteiger charge is -2.10. The molecule has 0 atom stereocenters. The van der Waals surface area contributed by atoms with Crippen LogP contribution >= 0.6 is 0 Å². The molecule has 0 spiro atoms. The van der Waals surface area contributed by atoms with Gasteiger partial charge in [0.1, 0.15) is 0 Å². The third-order valence-corrected chi connectivity index (χ3v) is 3.47. The van der Waals surface area contributed by atoms with E-state index < -0.39 is 0 Å². The molecule has 1 aromatic heterocycles. The summed E-state index contributed by atoms with van der Waals surface area (Å²) < 4.78 is 2.20. The van der Waals surface area contributed by atoms with Crippen molar-refractivity contribution in [1.29, 1.82) is 0 Å². The van der Waals surface area contributed by atoms with Crippen LogP contribution in [0.4, 0.5) is 0 Å². The summed E-state index contributed by atoms with van der Waals surface area (Å²) in [4.78, 5) is 0. The van der Waals surface area contributed by atoms with Gasteiger partial charge in [-0.3, -0.25) is 0 Å². The first kappa shape index (κ1) is 13.5. The second-order valence-electron chi connectivity index (χ2n) is 4.76. The summed E-state index contributed by atoms with van der Waals surface area (Å²) in [6.07, 6.45) is 8.70. The van der Waals surface area contributed by atoms with E-state index in [2.05, 4.69) is 60.8 Å². The van der Waals surface area contributed by atoms with E-state index in [1.165, 1.54) is 30.2 Å². The zero-order valence-electron chi connectivity index (χ0n) is 11.7. The Morgan fingerprint density at radius 2 is 2.16 bits per heavy atom. The molecule has 1 heterocycles. The molecule has 0 radical (unpaired) electrons. The summed E-state index contributed by atoms with van der Waals surface area (Å²) in [6, 6.07) is 8.43. The van der Waals surface area contributed by atoms with Gasteiger partial charge in [0.2, 0.25) is 0 Å². The van der Waals surface area contributed by atoms with Crippen LogP contribution in [0.5, 0.6) is 0 Å². The Kier molecular flexibility index (Phi) is 4.43. The number of fused-ring (bicyclic) bond motifs is 1. The standard InChI is InChI=1S/C18H21N/c1-4-7-8-12-17(6-3)19-14-13-16-11-9-10-15(5-2)18(16)19/h5,9-11,13-14H,2-4,7-8,12H2,1H3. The summed E-state index contributed by atoms with van der Waals surface area (Å²) in [5, 5.41) is 1.24. The topological polar surface area (TPSA) is 4.93 Å². The van der Waals surface area contributed by atoms with Gasteiger partial charge in [0.25, 0.3) is 0 Å². The van der Waals surface area contributed by atoms with E-state index in [9.17, 15) is 0 Å². The van der Waals surface area contributed by atoms with Crippen LogP contribution in [-0.2, 0) is 0 Å². The van der Waals surface area contributed by atoms with Crippen LogP contribution in [0.2, 0.25) is 0 Å². The van der Waals surface area contributed by atoms with Gasteiger partial charge in [-0.1, -0.05) is 57.2 Å². The first-order valence-electron chi connectivity index (χ1n) is 6.93. The van der Waals surface area contributed by atoms with Gasteiger partial charge in [-0.2, -0.15) is 0 Å². The molecule has 0 saturated carbocycles. The molecule has 0 aliphatic rings. The zero-order chi connectivity index (χ0) is 13.7. The number of aromatic nitrogens is 1. The first-order chi connectivity index (χ1) is 9.31. The van der Waals surface area contributed by atoms with E-state index in [1.807, 2.05) is 6.08 Å². The van der Waals surface area contributed by atoms with Crippen molar-refractivity contribution in [2.45, 2.75) is 32.6 Å². The number of nitrogens with zero attached hydrogens (tertiary/aromatic N) is 1. The molecule has 1 aromatic carbocycles. The second-order valence-corrected chi connectivity index (χ2v) is 4.76. The number of unbranched alkanes of at least 4 members (excludes halogenated alkanes) is 2. The second kappa shape index (κ2) is 6.26. The maximum Gasteiger partial charge on any atom is 0.0644 e. The van der Waals surface area contributed by atoms with Crippen molar-refractivity contribution in [1.82, 2.24) is 4.57 Å². The summed E-state index contributed by atoms with van der Waals surface area (Å²) in [5.74, 6) is 0. The molecule has 0 unspecified atom stereocenters. The van der Waals surface area contributed by atoms with E-state index >= 15 is 0 Å². The lowest BCUT2D eigenvalue weighted by molar-refractivity contribution is 0.724. The van der Waals surface area contributed by atoms with Gasteiger partial charge in [0.05, 0.1) is 11.2 Å². The number of hydrogen-bond acceptors (Lipinski definition) is 0. The van der Waals surface area contributed by atoms with Crippen molar-refractivity contribution in [3.8, 4) is 0 Å². The molecule has 0 fully saturated rings. The molecule has 2 rings (SSSR count). The minimum absolute atomic E-state index is 1.02. The Balaban J connectivity index is 2.44. The number of allylic oxidation sites excluding steroid dienone is 1. The molecule has 98 valence electrons. The van der Waals surface area contributed by atoms with E-state index in [-0.39, 0.29) is 0 Å². The van der Waals surface area contributed by atoms with Gasteiger partial charge in [0, 0.05) is 11.6 Å². The average Bonchev–Trinajstić information content (AvgIpc) is 2.87. The molecule has 2 aromatic rings. The highest BCUT2D eigenvalue weighted by Crippen LogP contribution is 2.26. The normalized spacial score (nSPS) is 10.4. The highest BCUT2D eigenvalue weighted by Gasteiger charge is 2.07. The largest absolute Gasteiger partial charge is 0.313 e. The Labute approximate surface area is 115 Å². The molecule has 0 saturated heterocycles. The third kappa shape index (κ3) is 2.72. The highest BCUT2D eigenvalue weighted by atomic mass is 15.0. The molecule has 1 nitrogen and oxygen atoms in total. The molecular weight excluding hydrogens is 230 g/mol. The lowest BCUT2D eigenvalue weighted by atomic mass is 10.1. The van der Waals surface area contributed by atoms with Crippen LogP contribution in [-0.4, -0.2) is 4.57 Å². The number of hydrogen-bond donors (Lipinski definition) is 0. The molecule has 0 N–H and O–H groups in total. The van der Waals surface area contributed by atoms with E-state index in [0.717, 1.165) is 17.7 Å². The summed E-state index contributed by atoms with van der Waals surface area (Å²) in [6.45, 7) is 9.97. The smallest absolute Gasteiger partial charge is 0.0644 e. The fourth-order valence-corrected chi connectivity index (χ4v) is 2.45. The number of benzene rings is 1. The van der Waals surface area contributed by atoms with Gasteiger partial charge >= 0.3 is 0 Å². The van der Waals surface area contributed by atoms with Crippen LogP contribution < -0.4 is 0 Å². The third-order valence-electron chi connectivity index (χ3n) is 3.47. The van der Waals surface area contributed by atoms with Crippen LogP contribution in [0.25, 0.3) is 22.7 Å². The van der Waals surface area contributed by atoms with Crippen molar-refractivity contribution in [3.05, 3.63) is 54.9 Å². The highest BCUT2D eigenvalue weighted by molar-refractivity contribution is 5.90. The molecule has 0 amide bonds. The molecular formula is C18H21N. The molecule has 0 aliphatic carbocycles. The number of para-hydroxylation sites is 1. The number of rotatable bonds is 6. The van der Waals surface area contributed by atoms with E-state index in [4.69, 9.17) is 0 Å². The molecule has 19 heavy (non-hydrogen) atoms. The van der Waals surface area contributed by atoms with Gasteiger partial charge in [-0.05, 0) is 24.5 Å². The fraction of sp³-hybridized carbons (Fsp3) is 0.278. The first-order valence-corrected chi connectivity index (χ1v) is 6.93. The Hall–Kier alpha value is -1.98. The van der Waals surface area contributed by atoms with Crippen molar-refractivity contribution in [3.63, 3.8) is 0 Å². The summed E-state index contributed by atoms with van der Waals surface area (Å²) in [7, 11) is 0. The Bertz CT molecular complexity index is 624. The van der Waals surface area contributed by atoms with Crippen LogP contribution in [0.3, 0.4) is 0 Å². The molecule has 1 heteroatoms. The molecule has 0 bridgehead atoms. The maximum atomic E-state index is 3.90. The van der Waals surface area contributed by atoms with Crippen molar-refractivity contribution < 1.29 is 0 Å². The van der Waals surface area contributed by atoms with Gasteiger partial charge < -0.3 is 4.57 Å². The van der Waals surface area contributed by atoms with Gasteiger partial charge in [-0.25, -0.2) is 0 Å². The van der Waals surface area contributed by atoms with Gasteiger partial charge in [0.15, 0.2) is 0 Å². The van der Waals surface area contributed by atoms with E-state index in [1.54, 1.807) is 0 Å². The zero-order valence-corrected chi connectivity index (χ0v) is 11.7. The monoisotopic (exact) mass is 251 g/mol. The minimum atomic E-state index is 1.02.